The highest BCUT2D eigenvalue weighted by molar-refractivity contribution is 5.78. The predicted octanol–water partition coefficient (Wildman–Crippen LogP) is 0.716. The summed E-state index contributed by atoms with van der Waals surface area (Å²) in [6.45, 7) is 0.628. The minimum atomic E-state index is 0.0141. The number of amides is 1. The Morgan fingerprint density at radius 3 is 2.63 bits per heavy atom. The summed E-state index contributed by atoms with van der Waals surface area (Å²) in [7, 11) is 3.48. The van der Waals surface area contributed by atoms with E-state index in [0.717, 1.165) is 16.9 Å². The van der Waals surface area contributed by atoms with Crippen molar-refractivity contribution < 1.29 is 4.79 Å². The Morgan fingerprint density at radius 2 is 2.05 bits per heavy atom. The topological polar surface area (TPSA) is 71.8 Å². The van der Waals surface area contributed by atoms with Crippen LogP contribution in [0.1, 0.15) is 11.3 Å². The third-order valence-electron chi connectivity index (χ3n) is 2.72. The zero-order valence-corrected chi connectivity index (χ0v) is 11.1. The normalized spacial score (nSPS) is 10.2. The van der Waals surface area contributed by atoms with Gasteiger partial charge < -0.3 is 10.6 Å². The molecule has 19 heavy (non-hydrogen) atoms. The summed E-state index contributed by atoms with van der Waals surface area (Å²) in [5, 5.41) is 13.7. The van der Waals surface area contributed by atoms with Crippen LogP contribution in [0.15, 0.2) is 30.5 Å². The van der Waals surface area contributed by atoms with Crippen molar-refractivity contribution in [3.05, 3.63) is 41.7 Å². The number of anilines is 1. The van der Waals surface area contributed by atoms with Crippen LogP contribution in [0.2, 0.25) is 0 Å². The fourth-order valence-electron chi connectivity index (χ4n) is 1.68. The molecule has 0 unspecified atom stereocenters. The van der Waals surface area contributed by atoms with Crippen molar-refractivity contribution in [2.45, 2.75) is 13.0 Å². The molecule has 0 fully saturated rings. The summed E-state index contributed by atoms with van der Waals surface area (Å²) in [6, 6.07) is 7.78. The number of likely N-dealkylation sites (N-methyl/N-ethyl adjacent to an activating group) is 1. The Kier molecular flexibility index (Phi) is 4.12. The van der Waals surface area contributed by atoms with Crippen molar-refractivity contribution in [3.8, 4) is 0 Å². The summed E-state index contributed by atoms with van der Waals surface area (Å²) < 4.78 is 1.67. The molecule has 2 N–H and O–H groups in total. The van der Waals surface area contributed by atoms with E-state index < -0.39 is 0 Å². The van der Waals surface area contributed by atoms with E-state index in [9.17, 15) is 4.79 Å². The Morgan fingerprint density at radius 1 is 1.32 bits per heavy atom. The Bertz CT molecular complexity index is 546. The van der Waals surface area contributed by atoms with Crippen LogP contribution in [0.25, 0.3) is 0 Å². The van der Waals surface area contributed by atoms with Gasteiger partial charge in [0.05, 0.1) is 13.0 Å². The number of benzene rings is 1. The van der Waals surface area contributed by atoms with Crippen LogP contribution in [0, 0.1) is 0 Å². The smallest absolute Gasteiger partial charge is 0.224 e. The van der Waals surface area contributed by atoms with Gasteiger partial charge in [0.2, 0.25) is 5.91 Å². The maximum absolute atomic E-state index is 11.2. The SMILES string of the molecule is CNC(=O)Cc1ccc(NCc2cn(C)nn2)cc1. The van der Waals surface area contributed by atoms with Crippen LogP contribution in [0.5, 0.6) is 0 Å². The highest BCUT2D eigenvalue weighted by Gasteiger charge is 2.01. The average molecular weight is 259 g/mol. The molecule has 1 aromatic carbocycles. The molecular formula is C13H17N5O. The number of carbonyl (C=O) groups is 1. The van der Waals surface area contributed by atoms with E-state index in [1.807, 2.05) is 37.5 Å². The van der Waals surface area contributed by atoms with Crippen LogP contribution in [0.3, 0.4) is 0 Å². The Hall–Kier alpha value is -2.37. The molecule has 100 valence electrons. The first kappa shape index (κ1) is 13.1. The molecule has 2 rings (SSSR count). The molecule has 6 nitrogen and oxygen atoms in total. The van der Waals surface area contributed by atoms with E-state index >= 15 is 0 Å². The molecule has 1 aromatic heterocycles. The van der Waals surface area contributed by atoms with Crippen molar-refractivity contribution in [1.82, 2.24) is 20.3 Å². The lowest BCUT2D eigenvalue weighted by Gasteiger charge is -2.05. The summed E-state index contributed by atoms with van der Waals surface area (Å²) >= 11 is 0. The molecule has 0 aliphatic heterocycles. The second kappa shape index (κ2) is 5.99. The third kappa shape index (κ3) is 3.80. The van der Waals surface area contributed by atoms with Crippen LogP contribution in [0.4, 0.5) is 5.69 Å². The molecule has 0 saturated heterocycles. The molecule has 6 heteroatoms. The molecule has 0 saturated carbocycles. The second-order valence-corrected chi connectivity index (χ2v) is 4.28. The van der Waals surface area contributed by atoms with Gasteiger partial charge in [-0.25, -0.2) is 0 Å². The number of rotatable bonds is 5. The van der Waals surface area contributed by atoms with Gasteiger partial charge in [0.25, 0.3) is 0 Å². The van der Waals surface area contributed by atoms with Crippen LogP contribution in [-0.2, 0) is 24.8 Å². The van der Waals surface area contributed by atoms with E-state index in [1.165, 1.54) is 0 Å². The zero-order chi connectivity index (χ0) is 13.7. The monoisotopic (exact) mass is 259 g/mol. The number of hydrogen-bond acceptors (Lipinski definition) is 4. The van der Waals surface area contributed by atoms with E-state index in [1.54, 1.807) is 11.7 Å². The van der Waals surface area contributed by atoms with E-state index in [-0.39, 0.29) is 5.91 Å². The zero-order valence-electron chi connectivity index (χ0n) is 11.1. The molecule has 0 aliphatic carbocycles. The van der Waals surface area contributed by atoms with Crippen LogP contribution < -0.4 is 10.6 Å². The molecular weight excluding hydrogens is 242 g/mol. The molecule has 0 bridgehead atoms. The van der Waals surface area contributed by atoms with Gasteiger partial charge in [-0.3, -0.25) is 9.48 Å². The van der Waals surface area contributed by atoms with E-state index in [2.05, 4.69) is 20.9 Å². The highest BCUT2D eigenvalue weighted by atomic mass is 16.1. The van der Waals surface area contributed by atoms with Crippen molar-refractivity contribution in [3.63, 3.8) is 0 Å². The molecule has 1 amide bonds. The van der Waals surface area contributed by atoms with Gasteiger partial charge in [-0.15, -0.1) is 5.10 Å². The molecule has 0 aliphatic rings. The first-order valence-corrected chi connectivity index (χ1v) is 6.06. The number of aryl methyl sites for hydroxylation is 1. The first-order valence-electron chi connectivity index (χ1n) is 6.06. The Balaban J connectivity index is 1.89. The van der Waals surface area contributed by atoms with Crippen molar-refractivity contribution in [2.75, 3.05) is 12.4 Å². The molecule has 0 spiro atoms. The largest absolute Gasteiger partial charge is 0.379 e. The summed E-state index contributed by atoms with van der Waals surface area (Å²) in [4.78, 5) is 11.2. The highest BCUT2D eigenvalue weighted by Crippen LogP contribution is 2.11. The molecule has 2 aromatic rings. The first-order chi connectivity index (χ1) is 9.17. The number of hydrogen-bond donors (Lipinski definition) is 2. The summed E-state index contributed by atoms with van der Waals surface area (Å²) in [5.41, 5.74) is 2.87. The maximum atomic E-state index is 11.2. The van der Waals surface area contributed by atoms with Gasteiger partial charge >= 0.3 is 0 Å². The standard InChI is InChI=1S/C13H17N5O/c1-14-13(19)7-10-3-5-11(6-4-10)15-8-12-9-18(2)17-16-12/h3-6,9,15H,7-8H2,1-2H3,(H,14,19). The lowest BCUT2D eigenvalue weighted by atomic mass is 10.1. The van der Waals surface area contributed by atoms with Crippen LogP contribution >= 0.6 is 0 Å². The third-order valence-corrected chi connectivity index (χ3v) is 2.72. The van der Waals surface area contributed by atoms with Gasteiger partial charge in [0.1, 0.15) is 5.69 Å². The predicted molar refractivity (Wildman–Crippen MR) is 72.5 cm³/mol. The fraction of sp³-hybridized carbons (Fsp3) is 0.308. The lowest BCUT2D eigenvalue weighted by molar-refractivity contribution is -0.119. The van der Waals surface area contributed by atoms with Crippen molar-refractivity contribution in [2.24, 2.45) is 7.05 Å². The van der Waals surface area contributed by atoms with E-state index in [0.29, 0.717) is 13.0 Å². The fourth-order valence-corrected chi connectivity index (χ4v) is 1.68. The maximum Gasteiger partial charge on any atom is 0.224 e. The number of nitrogens with one attached hydrogen (secondary N) is 2. The van der Waals surface area contributed by atoms with Gasteiger partial charge in [0, 0.05) is 26.0 Å². The molecule has 0 radical (unpaired) electrons. The van der Waals surface area contributed by atoms with Gasteiger partial charge in [0.15, 0.2) is 0 Å². The summed E-state index contributed by atoms with van der Waals surface area (Å²) in [5.74, 6) is 0.0141. The quantitative estimate of drug-likeness (QED) is 0.829. The molecule has 1 heterocycles. The minimum Gasteiger partial charge on any atom is -0.379 e. The Labute approximate surface area is 111 Å². The number of carbonyl (C=O) groups excluding carboxylic acids is 1. The average Bonchev–Trinajstić information content (AvgIpc) is 2.83. The van der Waals surface area contributed by atoms with Crippen molar-refractivity contribution in [1.29, 1.82) is 0 Å². The van der Waals surface area contributed by atoms with Gasteiger partial charge in [-0.2, -0.15) is 0 Å². The van der Waals surface area contributed by atoms with Crippen molar-refractivity contribution >= 4 is 11.6 Å². The summed E-state index contributed by atoms with van der Waals surface area (Å²) in [6.07, 6.45) is 2.27. The van der Waals surface area contributed by atoms with Gasteiger partial charge in [-0.05, 0) is 17.7 Å². The second-order valence-electron chi connectivity index (χ2n) is 4.28. The number of nitrogens with zero attached hydrogens (tertiary/aromatic N) is 3. The van der Waals surface area contributed by atoms with Gasteiger partial charge in [-0.1, -0.05) is 17.3 Å². The van der Waals surface area contributed by atoms with Crippen LogP contribution in [-0.4, -0.2) is 27.9 Å². The lowest BCUT2D eigenvalue weighted by Crippen LogP contribution is -2.19. The minimum absolute atomic E-state index is 0.0141. The number of aromatic nitrogens is 3. The molecule has 0 atom stereocenters. The van der Waals surface area contributed by atoms with E-state index in [4.69, 9.17) is 0 Å².